The summed E-state index contributed by atoms with van der Waals surface area (Å²) in [5.74, 6) is 2.22. The molecule has 8 nitrogen and oxygen atoms in total. The van der Waals surface area contributed by atoms with Crippen LogP contribution in [0.3, 0.4) is 0 Å². The number of ether oxygens (including phenoxy) is 1. The molecule has 1 aromatic heterocycles. The predicted molar refractivity (Wildman–Crippen MR) is 104 cm³/mol. The SMILES string of the molecule is COc1ccc(-c2noc(CN3CCN(C(=O)C4CCCCN4)CC3)n2)cc1. The third kappa shape index (κ3) is 4.34. The van der Waals surface area contributed by atoms with Crippen LogP contribution >= 0.6 is 0 Å². The van der Waals surface area contributed by atoms with Crippen LogP contribution in [0.15, 0.2) is 28.8 Å². The van der Waals surface area contributed by atoms with E-state index >= 15 is 0 Å². The van der Waals surface area contributed by atoms with Gasteiger partial charge in [-0.05, 0) is 43.7 Å². The van der Waals surface area contributed by atoms with Crippen LogP contribution in [0.4, 0.5) is 0 Å². The molecule has 1 atom stereocenters. The molecule has 0 aliphatic carbocycles. The Morgan fingerprint density at radius 1 is 1.21 bits per heavy atom. The molecule has 28 heavy (non-hydrogen) atoms. The van der Waals surface area contributed by atoms with Gasteiger partial charge in [0.05, 0.1) is 19.7 Å². The van der Waals surface area contributed by atoms with Crippen molar-refractivity contribution in [3.63, 3.8) is 0 Å². The van der Waals surface area contributed by atoms with Crippen LogP contribution < -0.4 is 10.1 Å². The molecule has 1 aromatic carbocycles. The van der Waals surface area contributed by atoms with Crippen molar-refractivity contribution in [3.8, 4) is 17.1 Å². The Bertz CT molecular complexity index is 777. The van der Waals surface area contributed by atoms with Crippen molar-refractivity contribution in [1.29, 1.82) is 0 Å². The van der Waals surface area contributed by atoms with E-state index in [1.54, 1.807) is 7.11 Å². The Morgan fingerprint density at radius 3 is 2.68 bits per heavy atom. The lowest BCUT2D eigenvalue weighted by atomic mass is 10.0. The summed E-state index contributed by atoms with van der Waals surface area (Å²) in [6, 6.07) is 7.59. The first-order chi connectivity index (χ1) is 13.7. The summed E-state index contributed by atoms with van der Waals surface area (Å²) in [6.45, 7) is 4.68. The van der Waals surface area contributed by atoms with E-state index in [1.165, 1.54) is 6.42 Å². The zero-order chi connectivity index (χ0) is 19.3. The van der Waals surface area contributed by atoms with Gasteiger partial charge in [-0.15, -0.1) is 0 Å². The van der Waals surface area contributed by atoms with Crippen LogP contribution in [0, 0.1) is 0 Å². The standard InChI is InChI=1S/C20H27N5O3/c1-27-16-7-5-15(6-8-16)19-22-18(28-23-19)14-24-10-12-25(13-11-24)20(26)17-4-2-3-9-21-17/h5-8,17,21H,2-4,9-14H2,1H3. The predicted octanol–water partition coefficient (Wildman–Crippen LogP) is 1.53. The average Bonchev–Trinajstić information content (AvgIpc) is 3.23. The second-order valence-corrected chi connectivity index (χ2v) is 7.34. The second kappa shape index (κ2) is 8.70. The molecule has 0 saturated carbocycles. The molecule has 2 aliphatic heterocycles. The quantitative estimate of drug-likeness (QED) is 0.836. The van der Waals surface area contributed by atoms with Crippen molar-refractivity contribution in [2.24, 2.45) is 0 Å². The molecule has 1 N–H and O–H groups in total. The first-order valence-corrected chi connectivity index (χ1v) is 9.94. The van der Waals surface area contributed by atoms with E-state index in [4.69, 9.17) is 9.26 Å². The van der Waals surface area contributed by atoms with E-state index in [2.05, 4.69) is 20.4 Å². The van der Waals surface area contributed by atoms with Crippen molar-refractivity contribution in [3.05, 3.63) is 30.2 Å². The minimum atomic E-state index is 0.00305. The van der Waals surface area contributed by atoms with Gasteiger partial charge in [0.25, 0.3) is 0 Å². The minimum Gasteiger partial charge on any atom is -0.497 e. The molecule has 4 rings (SSSR count). The van der Waals surface area contributed by atoms with Gasteiger partial charge in [0.1, 0.15) is 5.75 Å². The molecular formula is C20H27N5O3. The summed E-state index contributed by atoms with van der Waals surface area (Å²) in [5, 5.41) is 7.43. The Morgan fingerprint density at radius 2 is 2.00 bits per heavy atom. The highest BCUT2D eigenvalue weighted by Crippen LogP contribution is 2.20. The van der Waals surface area contributed by atoms with E-state index in [-0.39, 0.29) is 11.9 Å². The van der Waals surface area contributed by atoms with Crippen LogP contribution in [-0.4, -0.2) is 71.7 Å². The summed E-state index contributed by atoms with van der Waals surface area (Å²) in [7, 11) is 1.64. The van der Waals surface area contributed by atoms with Gasteiger partial charge in [-0.25, -0.2) is 0 Å². The fourth-order valence-corrected chi connectivity index (χ4v) is 3.78. The number of amides is 1. The maximum atomic E-state index is 12.6. The number of carbonyl (C=O) groups excluding carboxylic acids is 1. The number of nitrogens with one attached hydrogen (secondary N) is 1. The highest BCUT2D eigenvalue weighted by atomic mass is 16.5. The lowest BCUT2D eigenvalue weighted by Gasteiger charge is -2.36. The van der Waals surface area contributed by atoms with Crippen LogP contribution in [0.25, 0.3) is 11.4 Å². The number of hydrogen-bond acceptors (Lipinski definition) is 7. The number of piperidine rings is 1. The lowest BCUT2D eigenvalue weighted by molar-refractivity contribution is -0.135. The minimum absolute atomic E-state index is 0.00305. The summed E-state index contributed by atoms with van der Waals surface area (Å²) < 4.78 is 10.6. The van der Waals surface area contributed by atoms with Gasteiger partial charge in [-0.2, -0.15) is 4.98 Å². The molecule has 8 heteroatoms. The summed E-state index contributed by atoms with van der Waals surface area (Å²) in [6.07, 6.45) is 3.26. The number of rotatable bonds is 5. The summed E-state index contributed by atoms with van der Waals surface area (Å²) in [5.41, 5.74) is 0.895. The zero-order valence-corrected chi connectivity index (χ0v) is 16.3. The Labute approximate surface area is 164 Å². The number of nitrogens with zero attached hydrogens (tertiary/aromatic N) is 4. The van der Waals surface area contributed by atoms with Crippen LogP contribution in [-0.2, 0) is 11.3 Å². The van der Waals surface area contributed by atoms with Gasteiger partial charge in [0.15, 0.2) is 0 Å². The molecule has 0 radical (unpaired) electrons. The van der Waals surface area contributed by atoms with Gasteiger partial charge in [0.2, 0.25) is 17.6 Å². The number of hydrogen-bond donors (Lipinski definition) is 1. The van der Waals surface area contributed by atoms with Crippen molar-refractivity contribution in [2.75, 3.05) is 39.8 Å². The fraction of sp³-hybridized carbons (Fsp3) is 0.550. The molecule has 2 fully saturated rings. The van der Waals surface area contributed by atoms with Crippen LogP contribution in [0.1, 0.15) is 25.2 Å². The lowest BCUT2D eigenvalue weighted by Crippen LogP contribution is -2.54. The Hall–Kier alpha value is -2.45. The van der Waals surface area contributed by atoms with E-state index in [1.807, 2.05) is 29.2 Å². The monoisotopic (exact) mass is 385 g/mol. The van der Waals surface area contributed by atoms with Gasteiger partial charge in [-0.3, -0.25) is 9.69 Å². The molecule has 2 aromatic rings. The third-order valence-corrected chi connectivity index (χ3v) is 5.47. The van der Waals surface area contributed by atoms with E-state index in [9.17, 15) is 4.79 Å². The topological polar surface area (TPSA) is 83.7 Å². The van der Waals surface area contributed by atoms with Gasteiger partial charge < -0.3 is 19.5 Å². The van der Waals surface area contributed by atoms with Crippen molar-refractivity contribution in [1.82, 2.24) is 25.3 Å². The zero-order valence-electron chi connectivity index (χ0n) is 16.3. The average molecular weight is 385 g/mol. The first kappa shape index (κ1) is 18.9. The smallest absolute Gasteiger partial charge is 0.241 e. The number of methoxy groups -OCH3 is 1. The number of carbonyl (C=O) groups is 1. The number of aromatic nitrogens is 2. The van der Waals surface area contributed by atoms with Crippen LogP contribution in [0.5, 0.6) is 5.75 Å². The van der Waals surface area contributed by atoms with E-state index < -0.39 is 0 Å². The molecule has 2 aliphatic rings. The molecule has 1 amide bonds. The highest BCUT2D eigenvalue weighted by molar-refractivity contribution is 5.82. The van der Waals surface area contributed by atoms with Gasteiger partial charge in [-0.1, -0.05) is 11.6 Å². The molecule has 150 valence electrons. The van der Waals surface area contributed by atoms with Crippen molar-refractivity contribution >= 4 is 5.91 Å². The second-order valence-electron chi connectivity index (χ2n) is 7.34. The number of piperazine rings is 1. The Balaban J connectivity index is 1.29. The number of benzene rings is 1. The molecule has 2 saturated heterocycles. The summed E-state index contributed by atoms with van der Waals surface area (Å²) >= 11 is 0. The third-order valence-electron chi connectivity index (χ3n) is 5.47. The fourth-order valence-electron chi connectivity index (χ4n) is 3.78. The van der Waals surface area contributed by atoms with Crippen molar-refractivity contribution in [2.45, 2.75) is 31.8 Å². The van der Waals surface area contributed by atoms with Crippen LogP contribution in [0.2, 0.25) is 0 Å². The molecule has 0 spiro atoms. The highest BCUT2D eigenvalue weighted by Gasteiger charge is 2.28. The molecule has 0 bridgehead atoms. The maximum absolute atomic E-state index is 12.6. The van der Waals surface area contributed by atoms with E-state index in [0.29, 0.717) is 18.3 Å². The maximum Gasteiger partial charge on any atom is 0.241 e. The molecule has 1 unspecified atom stereocenters. The normalized spacial score (nSPS) is 20.9. The van der Waals surface area contributed by atoms with Gasteiger partial charge >= 0.3 is 0 Å². The largest absolute Gasteiger partial charge is 0.497 e. The van der Waals surface area contributed by atoms with Gasteiger partial charge in [0, 0.05) is 31.7 Å². The first-order valence-electron chi connectivity index (χ1n) is 9.94. The Kier molecular flexibility index (Phi) is 5.87. The van der Waals surface area contributed by atoms with E-state index in [0.717, 1.165) is 56.9 Å². The molecule has 3 heterocycles. The molecular weight excluding hydrogens is 358 g/mol. The summed E-state index contributed by atoms with van der Waals surface area (Å²) in [4.78, 5) is 21.4. The van der Waals surface area contributed by atoms with Crippen molar-refractivity contribution < 1.29 is 14.1 Å².